The monoisotopic (exact) mass is 266 g/mol. The molecule has 2 heterocycles. The Morgan fingerprint density at radius 1 is 1.21 bits per heavy atom. The Morgan fingerprint density at radius 3 is 2.68 bits per heavy atom. The van der Waals surface area contributed by atoms with Crippen LogP contribution in [0.15, 0.2) is 12.1 Å². The minimum absolute atomic E-state index is 0.0380. The van der Waals surface area contributed by atoms with Crippen molar-refractivity contribution in [3.63, 3.8) is 0 Å². The highest BCUT2D eigenvalue weighted by Gasteiger charge is 2.29. The summed E-state index contributed by atoms with van der Waals surface area (Å²) in [5.74, 6) is 0.747. The van der Waals surface area contributed by atoms with Gasteiger partial charge in [0.25, 0.3) is 0 Å². The van der Waals surface area contributed by atoms with E-state index in [-0.39, 0.29) is 18.2 Å². The molecule has 2 aliphatic rings. The first-order valence-electron chi connectivity index (χ1n) is 6.11. The fraction of sp³-hybridized carbons (Fsp3) is 0.500. The molecular weight excluding hydrogens is 252 g/mol. The molecule has 1 aromatic rings. The van der Waals surface area contributed by atoms with Gasteiger partial charge in [-0.3, -0.25) is 15.0 Å². The van der Waals surface area contributed by atoms with Gasteiger partial charge in [0.1, 0.15) is 0 Å². The summed E-state index contributed by atoms with van der Waals surface area (Å²) in [4.78, 5) is 12.7. The molecule has 0 saturated carbocycles. The molecule has 7 nitrogen and oxygen atoms in total. The van der Waals surface area contributed by atoms with Gasteiger partial charge in [-0.1, -0.05) is 0 Å². The van der Waals surface area contributed by atoms with Gasteiger partial charge in [-0.25, -0.2) is 0 Å². The van der Waals surface area contributed by atoms with E-state index in [4.69, 9.17) is 14.2 Å². The second-order valence-electron chi connectivity index (χ2n) is 4.45. The molecule has 102 valence electrons. The molecule has 0 aliphatic carbocycles. The molecule has 1 saturated heterocycles. The van der Waals surface area contributed by atoms with Crippen LogP contribution in [-0.4, -0.2) is 42.9 Å². The van der Waals surface area contributed by atoms with Gasteiger partial charge in [-0.05, 0) is 6.07 Å². The molecule has 3 rings (SSSR count). The quantitative estimate of drug-likeness (QED) is 0.603. The van der Waals surface area contributed by atoms with E-state index in [1.54, 1.807) is 6.07 Å². The summed E-state index contributed by atoms with van der Waals surface area (Å²) in [6, 6.07) is 3.21. The van der Waals surface area contributed by atoms with Crippen molar-refractivity contribution in [1.82, 2.24) is 4.90 Å². The second-order valence-corrected chi connectivity index (χ2v) is 4.45. The number of benzene rings is 1. The Bertz CT molecular complexity index is 499. The van der Waals surface area contributed by atoms with Crippen molar-refractivity contribution in [1.29, 1.82) is 0 Å². The van der Waals surface area contributed by atoms with Crippen LogP contribution in [0.4, 0.5) is 5.69 Å². The molecule has 0 atom stereocenters. The summed E-state index contributed by atoms with van der Waals surface area (Å²) in [7, 11) is 0. The summed E-state index contributed by atoms with van der Waals surface area (Å²) in [5, 5.41) is 10.9. The second kappa shape index (κ2) is 5.02. The van der Waals surface area contributed by atoms with E-state index in [1.807, 2.05) is 0 Å². The number of rotatable bonds is 3. The maximum Gasteiger partial charge on any atom is 0.315 e. The van der Waals surface area contributed by atoms with Crippen molar-refractivity contribution in [3.05, 3.63) is 27.8 Å². The van der Waals surface area contributed by atoms with Crippen LogP contribution >= 0.6 is 0 Å². The number of morpholine rings is 1. The molecule has 0 radical (unpaired) electrons. The predicted molar refractivity (Wildman–Crippen MR) is 65.3 cm³/mol. The summed E-state index contributed by atoms with van der Waals surface area (Å²) in [5.41, 5.74) is 0.873. The highest BCUT2D eigenvalue weighted by molar-refractivity contribution is 5.60. The van der Waals surface area contributed by atoms with Crippen molar-refractivity contribution < 1.29 is 19.1 Å². The van der Waals surface area contributed by atoms with E-state index >= 15 is 0 Å². The predicted octanol–water partition coefficient (Wildman–Crippen LogP) is 1.16. The molecule has 0 N–H and O–H groups in total. The first-order chi connectivity index (χ1) is 9.25. The molecule has 2 aliphatic heterocycles. The lowest BCUT2D eigenvalue weighted by molar-refractivity contribution is -0.385. The lowest BCUT2D eigenvalue weighted by atomic mass is 10.1. The molecule has 7 heteroatoms. The highest BCUT2D eigenvalue weighted by atomic mass is 16.7. The molecule has 0 bridgehead atoms. The maximum atomic E-state index is 10.9. The summed E-state index contributed by atoms with van der Waals surface area (Å²) >= 11 is 0. The average Bonchev–Trinajstić information content (AvgIpc) is 2.89. The fourth-order valence-electron chi connectivity index (χ4n) is 2.31. The van der Waals surface area contributed by atoms with Crippen LogP contribution < -0.4 is 9.47 Å². The molecule has 0 unspecified atom stereocenters. The zero-order chi connectivity index (χ0) is 13.2. The Morgan fingerprint density at radius 2 is 1.95 bits per heavy atom. The van der Waals surface area contributed by atoms with Crippen molar-refractivity contribution in [2.45, 2.75) is 6.54 Å². The van der Waals surface area contributed by atoms with E-state index in [1.165, 1.54) is 6.07 Å². The number of hydrogen-bond donors (Lipinski definition) is 0. The maximum absolute atomic E-state index is 10.9. The Kier molecular flexibility index (Phi) is 3.22. The molecule has 0 spiro atoms. The molecule has 0 aromatic heterocycles. The van der Waals surface area contributed by atoms with Gasteiger partial charge in [-0.2, -0.15) is 0 Å². The van der Waals surface area contributed by atoms with Gasteiger partial charge in [0.15, 0.2) is 5.75 Å². The number of fused-ring (bicyclic) bond motifs is 1. The van der Waals surface area contributed by atoms with Crippen molar-refractivity contribution in [3.8, 4) is 11.5 Å². The number of nitro benzene ring substituents is 1. The largest absolute Gasteiger partial charge is 0.453 e. The van der Waals surface area contributed by atoms with Crippen LogP contribution in [0, 0.1) is 10.1 Å². The topological polar surface area (TPSA) is 74.1 Å². The zero-order valence-corrected chi connectivity index (χ0v) is 10.3. The lowest BCUT2D eigenvalue weighted by Crippen LogP contribution is -2.35. The van der Waals surface area contributed by atoms with Gasteiger partial charge in [0, 0.05) is 31.3 Å². The van der Waals surface area contributed by atoms with Crippen molar-refractivity contribution >= 4 is 5.69 Å². The van der Waals surface area contributed by atoms with Crippen LogP contribution in [0.3, 0.4) is 0 Å². The van der Waals surface area contributed by atoms with Gasteiger partial charge in [0.05, 0.1) is 18.1 Å². The summed E-state index contributed by atoms with van der Waals surface area (Å²) in [6.45, 7) is 3.86. The van der Waals surface area contributed by atoms with Crippen LogP contribution in [-0.2, 0) is 11.3 Å². The third-order valence-corrected chi connectivity index (χ3v) is 3.27. The fourth-order valence-corrected chi connectivity index (χ4v) is 2.31. The van der Waals surface area contributed by atoms with Crippen LogP contribution in [0.1, 0.15) is 5.56 Å². The van der Waals surface area contributed by atoms with E-state index in [9.17, 15) is 10.1 Å². The number of nitrogens with zero attached hydrogens (tertiary/aromatic N) is 2. The zero-order valence-electron chi connectivity index (χ0n) is 10.3. The molecule has 1 aromatic carbocycles. The van der Waals surface area contributed by atoms with Gasteiger partial charge < -0.3 is 14.2 Å². The van der Waals surface area contributed by atoms with Gasteiger partial charge >= 0.3 is 5.69 Å². The van der Waals surface area contributed by atoms with E-state index in [2.05, 4.69) is 4.90 Å². The number of hydrogen-bond acceptors (Lipinski definition) is 6. The van der Waals surface area contributed by atoms with Gasteiger partial charge in [-0.15, -0.1) is 0 Å². The summed E-state index contributed by atoms with van der Waals surface area (Å²) < 4.78 is 15.9. The Hall–Kier alpha value is -1.86. The standard InChI is InChI=1S/C12H14N2O5/c15-14(16)10-2-1-9(11-12(10)19-8-18-11)7-13-3-5-17-6-4-13/h1-2H,3-8H2. The highest BCUT2D eigenvalue weighted by Crippen LogP contribution is 2.43. The van der Waals surface area contributed by atoms with E-state index in [0.717, 1.165) is 18.7 Å². The van der Waals surface area contributed by atoms with Gasteiger partial charge in [0.2, 0.25) is 12.5 Å². The molecule has 19 heavy (non-hydrogen) atoms. The number of nitro groups is 1. The Labute approximate surface area is 109 Å². The third-order valence-electron chi connectivity index (χ3n) is 3.27. The SMILES string of the molecule is O=[N+]([O-])c1ccc(CN2CCOCC2)c2c1OCO2. The first kappa shape index (κ1) is 12.2. The summed E-state index contributed by atoms with van der Waals surface area (Å²) in [6.07, 6.45) is 0. The lowest BCUT2D eigenvalue weighted by Gasteiger charge is -2.26. The van der Waals surface area contributed by atoms with Crippen LogP contribution in [0.25, 0.3) is 0 Å². The van der Waals surface area contributed by atoms with Crippen LogP contribution in [0.2, 0.25) is 0 Å². The molecule has 1 fully saturated rings. The Balaban J connectivity index is 1.86. The first-order valence-corrected chi connectivity index (χ1v) is 6.11. The molecule has 0 amide bonds. The third kappa shape index (κ3) is 2.34. The van der Waals surface area contributed by atoms with Crippen molar-refractivity contribution in [2.75, 3.05) is 33.1 Å². The smallest absolute Gasteiger partial charge is 0.315 e. The number of ether oxygens (including phenoxy) is 3. The normalized spacial score (nSPS) is 18.5. The molecular formula is C12H14N2O5. The van der Waals surface area contributed by atoms with Crippen LogP contribution in [0.5, 0.6) is 11.5 Å². The minimum Gasteiger partial charge on any atom is -0.453 e. The van der Waals surface area contributed by atoms with E-state index in [0.29, 0.717) is 25.5 Å². The van der Waals surface area contributed by atoms with Crippen molar-refractivity contribution in [2.24, 2.45) is 0 Å². The van der Waals surface area contributed by atoms with E-state index < -0.39 is 4.92 Å². The minimum atomic E-state index is -0.452. The average molecular weight is 266 g/mol.